The van der Waals surface area contributed by atoms with Crippen LogP contribution < -0.4 is 4.74 Å². The highest BCUT2D eigenvalue weighted by atomic mass is 16.6. The summed E-state index contributed by atoms with van der Waals surface area (Å²) >= 11 is 0. The van der Waals surface area contributed by atoms with Crippen LogP contribution in [0.1, 0.15) is 17.3 Å². The molecule has 0 heterocycles. The number of hydrogen-bond acceptors (Lipinski definition) is 4. The smallest absolute Gasteiger partial charge is 0.280 e. The number of carbonyl (C=O) groups excluding carboxylic acids is 1. The summed E-state index contributed by atoms with van der Waals surface area (Å²) in [6.45, 7) is 5.04. The normalized spacial score (nSPS) is 9.56. The van der Waals surface area contributed by atoms with E-state index in [0.717, 1.165) is 0 Å². The van der Waals surface area contributed by atoms with Crippen LogP contribution in [0, 0.1) is 10.1 Å². The summed E-state index contributed by atoms with van der Waals surface area (Å²) in [6, 6.07) is 4.08. The molecule has 5 heteroatoms. The van der Waals surface area contributed by atoms with Gasteiger partial charge in [-0.2, -0.15) is 0 Å². The maximum atomic E-state index is 11.2. The third-order valence-electron chi connectivity index (χ3n) is 1.91. The maximum absolute atomic E-state index is 11.2. The van der Waals surface area contributed by atoms with Crippen molar-refractivity contribution in [1.29, 1.82) is 0 Å². The van der Waals surface area contributed by atoms with E-state index in [1.165, 1.54) is 25.1 Å². The third-order valence-corrected chi connectivity index (χ3v) is 1.91. The van der Waals surface area contributed by atoms with Crippen molar-refractivity contribution in [2.75, 3.05) is 6.61 Å². The molecule has 0 aliphatic carbocycles. The molecule has 0 atom stereocenters. The quantitative estimate of drug-likeness (QED) is 0.331. The van der Waals surface area contributed by atoms with Crippen LogP contribution in [-0.4, -0.2) is 17.3 Å². The van der Waals surface area contributed by atoms with Crippen LogP contribution in [0.4, 0.5) is 5.69 Å². The molecular weight excluding hydrogens is 210 g/mol. The van der Waals surface area contributed by atoms with E-state index in [1.54, 1.807) is 6.08 Å². The zero-order valence-corrected chi connectivity index (χ0v) is 8.80. The average Bonchev–Trinajstić information content (AvgIpc) is 2.25. The van der Waals surface area contributed by atoms with E-state index in [1.807, 2.05) is 0 Å². The van der Waals surface area contributed by atoms with E-state index in [9.17, 15) is 14.9 Å². The Hall–Kier alpha value is -2.17. The molecule has 84 valence electrons. The fourth-order valence-corrected chi connectivity index (χ4v) is 1.20. The number of Topliss-reactive ketones (excluding diaryl/α,β-unsaturated/α-hetero) is 1. The van der Waals surface area contributed by atoms with Gasteiger partial charge in [-0.1, -0.05) is 12.7 Å². The van der Waals surface area contributed by atoms with Crippen LogP contribution in [-0.2, 0) is 0 Å². The van der Waals surface area contributed by atoms with Gasteiger partial charge in [-0.25, -0.2) is 0 Å². The largest absolute Gasteiger partial charge is 0.490 e. The molecular formula is C11H11NO4. The van der Waals surface area contributed by atoms with Crippen LogP contribution in [0.3, 0.4) is 0 Å². The molecule has 5 nitrogen and oxygen atoms in total. The molecule has 0 amide bonds. The van der Waals surface area contributed by atoms with Crippen molar-refractivity contribution in [3.63, 3.8) is 0 Å². The van der Waals surface area contributed by atoms with Gasteiger partial charge in [-0.3, -0.25) is 14.9 Å². The van der Waals surface area contributed by atoms with E-state index in [-0.39, 0.29) is 23.6 Å². The Morgan fingerprint density at radius 2 is 2.31 bits per heavy atom. The summed E-state index contributed by atoms with van der Waals surface area (Å²) in [4.78, 5) is 21.3. The number of rotatable bonds is 5. The highest BCUT2D eigenvalue weighted by molar-refractivity contribution is 5.98. The molecule has 1 rings (SSSR count). The van der Waals surface area contributed by atoms with Gasteiger partial charge in [0.05, 0.1) is 10.5 Å². The first-order chi connectivity index (χ1) is 7.56. The SMILES string of the molecule is C=CCOc1ccc([N+](=O)[O-])c(C(C)=O)c1. The van der Waals surface area contributed by atoms with Gasteiger partial charge in [0.1, 0.15) is 12.4 Å². The number of nitro benzene ring substituents is 1. The topological polar surface area (TPSA) is 69.4 Å². The number of ketones is 1. The van der Waals surface area contributed by atoms with Crippen molar-refractivity contribution in [2.24, 2.45) is 0 Å². The Kier molecular flexibility index (Phi) is 3.77. The predicted molar refractivity (Wildman–Crippen MR) is 58.8 cm³/mol. The van der Waals surface area contributed by atoms with Gasteiger partial charge in [-0.15, -0.1) is 0 Å². The molecule has 16 heavy (non-hydrogen) atoms. The Bertz CT molecular complexity index is 440. The minimum atomic E-state index is -0.589. The lowest BCUT2D eigenvalue weighted by atomic mass is 10.1. The Balaban J connectivity index is 3.12. The van der Waals surface area contributed by atoms with Gasteiger partial charge in [-0.05, 0) is 19.1 Å². The van der Waals surface area contributed by atoms with Crippen molar-refractivity contribution in [1.82, 2.24) is 0 Å². The molecule has 0 aliphatic rings. The van der Waals surface area contributed by atoms with Gasteiger partial charge in [0.25, 0.3) is 5.69 Å². The molecule has 0 spiro atoms. The van der Waals surface area contributed by atoms with Crippen molar-refractivity contribution in [3.05, 3.63) is 46.5 Å². The number of benzene rings is 1. The molecule has 0 radical (unpaired) electrons. The van der Waals surface area contributed by atoms with Crippen molar-refractivity contribution < 1.29 is 14.5 Å². The fourth-order valence-electron chi connectivity index (χ4n) is 1.20. The monoisotopic (exact) mass is 221 g/mol. The van der Waals surface area contributed by atoms with E-state index >= 15 is 0 Å². The second-order valence-corrected chi connectivity index (χ2v) is 3.09. The van der Waals surface area contributed by atoms with E-state index in [4.69, 9.17) is 4.74 Å². The summed E-state index contributed by atoms with van der Waals surface area (Å²) in [5.74, 6) is 0.0476. The predicted octanol–water partition coefficient (Wildman–Crippen LogP) is 2.36. The highest BCUT2D eigenvalue weighted by Crippen LogP contribution is 2.24. The number of nitrogens with zero attached hydrogens (tertiary/aromatic N) is 1. The van der Waals surface area contributed by atoms with Gasteiger partial charge in [0.2, 0.25) is 0 Å². The molecule has 1 aromatic carbocycles. The first-order valence-electron chi connectivity index (χ1n) is 4.59. The molecule has 0 bridgehead atoms. The van der Waals surface area contributed by atoms with Crippen LogP contribution in [0.5, 0.6) is 5.75 Å². The molecule has 0 saturated carbocycles. The molecule has 1 aromatic rings. The number of nitro groups is 1. The van der Waals surface area contributed by atoms with Gasteiger partial charge in [0.15, 0.2) is 5.78 Å². The lowest BCUT2D eigenvalue weighted by molar-refractivity contribution is -0.385. The van der Waals surface area contributed by atoms with Crippen molar-refractivity contribution in [2.45, 2.75) is 6.92 Å². The van der Waals surface area contributed by atoms with E-state index in [0.29, 0.717) is 5.75 Å². The summed E-state index contributed by atoms with van der Waals surface area (Å²) in [7, 11) is 0. The van der Waals surface area contributed by atoms with Crippen molar-refractivity contribution >= 4 is 11.5 Å². The number of ether oxygens (including phenoxy) is 1. The van der Waals surface area contributed by atoms with Crippen LogP contribution in [0.25, 0.3) is 0 Å². The minimum Gasteiger partial charge on any atom is -0.490 e. The average molecular weight is 221 g/mol. The highest BCUT2D eigenvalue weighted by Gasteiger charge is 2.17. The second-order valence-electron chi connectivity index (χ2n) is 3.09. The van der Waals surface area contributed by atoms with Gasteiger partial charge in [0, 0.05) is 6.07 Å². The Morgan fingerprint density at radius 3 is 2.81 bits per heavy atom. The zero-order valence-electron chi connectivity index (χ0n) is 8.80. The maximum Gasteiger partial charge on any atom is 0.280 e. The standard InChI is InChI=1S/C11H11NO4/c1-3-6-16-9-4-5-11(12(14)15)10(7-9)8(2)13/h3-5,7H,1,6H2,2H3. The Labute approximate surface area is 92.5 Å². The van der Waals surface area contributed by atoms with E-state index in [2.05, 4.69) is 6.58 Å². The first-order valence-corrected chi connectivity index (χ1v) is 4.59. The van der Waals surface area contributed by atoms with Gasteiger partial charge < -0.3 is 4.74 Å². The summed E-state index contributed by atoms with van der Waals surface area (Å²) in [5.41, 5.74) is -0.162. The third kappa shape index (κ3) is 2.66. The molecule has 0 fully saturated rings. The van der Waals surface area contributed by atoms with Crippen molar-refractivity contribution in [3.8, 4) is 5.75 Å². The van der Waals surface area contributed by atoms with Crippen LogP contribution >= 0.6 is 0 Å². The molecule has 0 aliphatic heterocycles. The fraction of sp³-hybridized carbons (Fsp3) is 0.182. The van der Waals surface area contributed by atoms with Crippen LogP contribution in [0.15, 0.2) is 30.9 Å². The molecule has 0 N–H and O–H groups in total. The minimum absolute atomic E-state index is 0.0477. The Morgan fingerprint density at radius 1 is 1.62 bits per heavy atom. The molecule has 0 saturated heterocycles. The first kappa shape index (κ1) is 11.9. The number of hydrogen-bond donors (Lipinski definition) is 0. The summed E-state index contributed by atoms with van der Waals surface area (Å²) < 4.78 is 5.19. The molecule has 0 aromatic heterocycles. The lowest BCUT2D eigenvalue weighted by Crippen LogP contribution is -2.01. The van der Waals surface area contributed by atoms with E-state index < -0.39 is 4.92 Å². The van der Waals surface area contributed by atoms with Crippen LogP contribution in [0.2, 0.25) is 0 Å². The summed E-state index contributed by atoms with van der Waals surface area (Å²) in [5, 5.41) is 10.6. The van der Waals surface area contributed by atoms with Gasteiger partial charge >= 0.3 is 0 Å². The second kappa shape index (κ2) is 5.06. The summed E-state index contributed by atoms with van der Waals surface area (Å²) in [6.07, 6.45) is 1.55. The zero-order chi connectivity index (χ0) is 12.1. The molecule has 0 unspecified atom stereocenters. The lowest BCUT2D eigenvalue weighted by Gasteiger charge is -2.05. The number of carbonyl (C=O) groups is 1.